The van der Waals surface area contributed by atoms with E-state index in [1.807, 2.05) is 0 Å². The van der Waals surface area contributed by atoms with E-state index in [1.54, 1.807) is 0 Å². The molecule has 1 unspecified atom stereocenters. The first-order valence-electron chi connectivity index (χ1n) is 18.8. The molecule has 3 heteroatoms. The minimum absolute atomic E-state index is 0.0105. The molecule has 0 aliphatic heterocycles. The summed E-state index contributed by atoms with van der Waals surface area (Å²) >= 11 is 0. The molecule has 0 saturated carbocycles. The monoisotopic (exact) mass is 689 g/mol. The first-order valence-corrected chi connectivity index (χ1v) is 18.8. The molecule has 0 fully saturated rings. The van der Waals surface area contributed by atoms with E-state index in [0.717, 1.165) is 40.8 Å². The summed E-state index contributed by atoms with van der Waals surface area (Å²) in [6.45, 7) is 0. The van der Waals surface area contributed by atoms with Crippen LogP contribution in [0, 0.1) is 0 Å². The highest BCUT2D eigenvalue weighted by molar-refractivity contribution is 6.11. The number of rotatable bonds is 4. The number of para-hydroxylation sites is 3. The lowest BCUT2D eigenvalue weighted by atomic mass is 9.87. The van der Waals surface area contributed by atoms with Gasteiger partial charge in [-0.3, -0.25) is 0 Å². The number of aryl methyl sites for hydroxylation is 1. The molecule has 11 rings (SSSR count). The van der Waals surface area contributed by atoms with Crippen LogP contribution in [-0.4, -0.2) is 14.5 Å². The van der Waals surface area contributed by atoms with Gasteiger partial charge in [-0.15, -0.1) is 0 Å². The lowest BCUT2D eigenvalue weighted by Crippen LogP contribution is -2.09. The minimum atomic E-state index is 0.0105. The molecule has 2 aromatic heterocycles. The maximum Gasteiger partial charge on any atom is 0.137 e. The Balaban J connectivity index is 1.12. The summed E-state index contributed by atoms with van der Waals surface area (Å²) in [6.07, 6.45) is 1.81. The quantitative estimate of drug-likeness (QED) is 0.184. The van der Waals surface area contributed by atoms with Gasteiger partial charge in [-0.1, -0.05) is 133 Å². The van der Waals surface area contributed by atoms with Gasteiger partial charge in [-0.25, -0.2) is 9.97 Å². The highest BCUT2D eigenvalue weighted by Gasteiger charge is 2.29. The fourth-order valence-electron chi connectivity index (χ4n) is 8.80. The molecule has 10 aromatic rings. The second-order valence-corrected chi connectivity index (χ2v) is 14.5. The minimum Gasteiger partial charge on any atom is -0.309 e. The molecule has 0 saturated heterocycles. The van der Waals surface area contributed by atoms with Crippen molar-refractivity contribution in [2.24, 2.45) is 0 Å². The number of aromatic nitrogens is 3. The second kappa shape index (κ2) is 12.4. The number of nitrogens with zero attached hydrogens (tertiary/aromatic N) is 3. The van der Waals surface area contributed by atoms with Crippen LogP contribution in [0.4, 0.5) is 0 Å². The van der Waals surface area contributed by atoms with E-state index in [9.17, 15) is 0 Å². The van der Waals surface area contributed by atoms with Gasteiger partial charge < -0.3 is 4.57 Å². The normalized spacial score (nSPS) is 14.0. The van der Waals surface area contributed by atoms with Crippen LogP contribution in [0.15, 0.2) is 182 Å². The summed E-state index contributed by atoms with van der Waals surface area (Å²) in [5, 5.41) is 6.09. The van der Waals surface area contributed by atoms with Crippen LogP contribution in [0.5, 0.6) is 0 Å². The van der Waals surface area contributed by atoms with Crippen molar-refractivity contribution in [1.29, 1.82) is 0 Å². The zero-order valence-corrected chi connectivity index (χ0v) is 29.7. The molecule has 2 heterocycles. The zero-order valence-electron chi connectivity index (χ0n) is 29.7. The van der Waals surface area contributed by atoms with E-state index < -0.39 is 0 Å². The number of hydrogen-bond acceptors (Lipinski definition) is 2. The van der Waals surface area contributed by atoms with Gasteiger partial charge >= 0.3 is 0 Å². The molecule has 1 atom stereocenters. The SMILES string of the molecule is c1ccc(-c2ccc(-c3nc(C4CCc5cc6c(cc5-c5cc7ccccc7cc54)c4ccccc4n6-c4ccccc4)nc4ccccc34)cc2)cc1. The molecule has 0 amide bonds. The van der Waals surface area contributed by atoms with Crippen LogP contribution in [0.2, 0.25) is 0 Å². The Labute approximate surface area is 313 Å². The Bertz CT molecular complexity index is 3030. The highest BCUT2D eigenvalue weighted by atomic mass is 15.0. The third-order valence-corrected chi connectivity index (χ3v) is 11.4. The smallest absolute Gasteiger partial charge is 0.137 e. The van der Waals surface area contributed by atoms with Crippen molar-refractivity contribution in [3.05, 3.63) is 199 Å². The molecule has 0 N–H and O–H groups in total. The van der Waals surface area contributed by atoms with Gasteiger partial charge in [-0.2, -0.15) is 0 Å². The van der Waals surface area contributed by atoms with E-state index in [4.69, 9.17) is 9.97 Å². The fourth-order valence-corrected chi connectivity index (χ4v) is 8.80. The van der Waals surface area contributed by atoms with Gasteiger partial charge in [0.25, 0.3) is 0 Å². The third-order valence-electron chi connectivity index (χ3n) is 11.4. The van der Waals surface area contributed by atoms with E-state index in [-0.39, 0.29) is 5.92 Å². The Kier molecular flexibility index (Phi) is 7.06. The van der Waals surface area contributed by atoms with E-state index in [0.29, 0.717) is 0 Å². The van der Waals surface area contributed by atoms with Crippen molar-refractivity contribution in [2.45, 2.75) is 18.8 Å². The van der Waals surface area contributed by atoms with Gasteiger partial charge in [-0.05, 0) is 106 Å². The summed E-state index contributed by atoms with van der Waals surface area (Å²) in [4.78, 5) is 10.9. The van der Waals surface area contributed by atoms with Crippen molar-refractivity contribution in [1.82, 2.24) is 14.5 Å². The van der Waals surface area contributed by atoms with Gasteiger partial charge in [0.05, 0.1) is 22.2 Å². The average molecular weight is 690 g/mol. The summed E-state index contributed by atoms with van der Waals surface area (Å²) in [7, 11) is 0. The molecule has 0 radical (unpaired) electrons. The number of hydrogen-bond donors (Lipinski definition) is 0. The predicted molar refractivity (Wildman–Crippen MR) is 224 cm³/mol. The van der Waals surface area contributed by atoms with Gasteiger partial charge in [0, 0.05) is 33.3 Å². The second-order valence-electron chi connectivity index (χ2n) is 14.5. The van der Waals surface area contributed by atoms with Gasteiger partial charge in [0.15, 0.2) is 0 Å². The molecule has 0 spiro atoms. The van der Waals surface area contributed by atoms with Crippen molar-refractivity contribution in [2.75, 3.05) is 0 Å². The first-order chi connectivity index (χ1) is 26.8. The molecule has 3 nitrogen and oxygen atoms in total. The van der Waals surface area contributed by atoms with Gasteiger partial charge in [0.1, 0.15) is 5.82 Å². The maximum absolute atomic E-state index is 5.51. The van der Waals surface area contributed by atoms with Crippen LogP contribution >= 0.6 is 0 Å². The Morgan fingerprint density at radius 3 is 1.93 bits per heavy atom. The van der Waals surface area contributed by atoms with E-state index >= 15 is 0 Å². The molecule has 1 aliphatic rings. The maximum atomic E-state index is 5.51. The number of fused-ring (bicyclic) bond motifs is 8. The van der Waals surface area contributed by atoms with Crippen molar-refractivity contribution in [3.8, 4) is 39.2 Å². The summed E-state index contributed by atoms with van der Waals surface area (Å²) in [5.74, 6) is 0.889. The summed E-state index contributed by atoms with van der Waals surface area (Å²) in [6, 6.07) is 65.9. The molecular weight excluding hydrogens is 655 g/mol. The van der Waals surface area contributed by atoms with Crippen LogP contribution in [-0.2, 0) is 6.42 Å². The third kappa shape index (κ3) is 4.97. The summed E-state index contributed by atoms with van der Waals surface area (Å²) < 4.78 is 2.43. The fraction of sp³-hybridized carbons (Fsp3) is 0.0588. The van der Waals surface area contributed by atoms with Gasteiger partial charge in [0.2, 0.25) is 0 Å². The molecule has 54 heavy (non-hydrogen) atoms. The standard InChI is InChI=1S/C51H35N3/c1-3-13-33(14-4-1)34-23-25-35(26-24-34)50-42-20-9-11-21-47(42)52-51(53-50)41-28-27-38-31-49-46(32-43(38)45-30-37-16-8-7-15-36(37)29-44(41)45)40-19-10-12-22-48(40)54(49)39-17-5-2-6-18-39/h1-26,29-32,41H,27-28H2. The van der Waals surface area contributed by atoms with Crippen molar-refractivity contribution < 1.29 is 0 Å². The van der Waals surface area contributed by atoms with E-state index in [1.165, 1.54) is 71.6 Å². The zero-order chi connectivity index (χ0) is 35.6. The lowest BCUT2D eigenvalue weighted by Gasteiger charge is -2.20. The average Bonchev–Trinajstić information content (AvgIpc) is 3.48. The Hall–Kier alpha value is -6.84. The lowest BCUT2D eigenvalue weighted by molar-refractivity contribution is 0.685. The Morgan fingerprint density at radius 1 is 0.463 bits per heavy atom. The Morgan fingerprint density at radius 2 is 1.11 bits per heavy atom. The topological polar surface area (TPSA) is 30.7 Å². The molecule has 0 bridgehead atoms. The molecule has 254 valence electrons. The van der Waals surface area contributed by atoms with Crippen LogP contribution in [0.1, 0.15) is 29.3 Å². The molecule has 1 aliphatic carbocycles. The number of benzene rings is 8. The largest absolute Gasteiger partial charge is 0.309 e. The van der Waals surface area contributed by atoms with Crippen molar-refractivity contribution >= 4 is 43.5 Å². The van der Waals surface area contributed by atoms with Crippen molar-refractivity contribution in [3.63, 3.8) is 0 Å². The summed E-state index contributed by atoms with van der Waals surface area (Å²) in [5.41, 5.74) is 14.3. The highest BCUT2D eigenvalue weighted by Crippen LogP contribution is 2.46. The van der Waals surface area contributed by atoms with Crippen LogP contribution in [0.25, 0.3) is 82.7 Å². The van der Waals surface area contributed by atoms with Crippen LogP contribution in [0.3, 0.4) is 0 Å². The van der Waals surface area contributed by atoms with Crippen LogP contribution < -0.4 is 0 Å². The van der Waals surface area contributed by atoms with E-state index in [2.05, 4.69) is 187 Å². The first kappa shape index (κ1) is 30.8. The molecular formula is C51H35N3. The molecule has 8 aromatic carbocycles. The predicted octanol–water partition coefficient (Wildman–Crippen LogP) is 13.0.